The van der Waals surface area contributed by atoms with Gasteiger partial charge in [0.15, 0.2) is 17.3 Å². The predicted octanol–water partition coefficient (Wildman–Crippen LogP) is 4.85. The summed E-state index contributed by atoms with van der Waals surface area (Å²) in [5.74, 6) is -3.08. The molecular formula is C18H13BrF4N2O4S. The normalized spacial score (nSPS) is 12.2. The zero-order chi connectivity index (χ0) is 22.3. The summed E-state index contributed by atoms with van der Waals surface area (Å²) >= 11 is 3.08. The van der Waals surface area contributed by atoms with Crippen molar-refractivity contribution in [1.82, 2.24) is 9.71 Å². The Balaban J connectivity index is 2.35. The van der Waals surface area contributed by atoms with E-state index in [4.69, 9.17) is 9.15 Å². The van der Waals surface area contributed by atoms with Gasteiger partial charge >= 0.3 is 12.1 Å². The molecule has 0 bridgehead atoms. The number of nitrogens with one attached hydrogen (secondary N) is 1. The summed E-state index contributed by atoms with van der Waals surface area (Å²) < 4.78 is 91.0. The average Bonchev–Trinajstić information content (AvgIpc) is 3.13. The lowest BCUT2D eigenvalue weighted by Gasteiger charge is -2.10. The topological polar surface area (TPSA) is 81.4 Å². The van der Waals surface area contributed by atoms with Gasteiger partial charge in [-0.05, 0) is 41.2 Å². The van der Waals surface area contributed by atoms with E-state index < -0.39 is 39.4 Å². The molecule has 1 heterocycles. The maximum absolute atomic E-state index is 14.3. The van der Waals surface area contributed by atoms with Crippen LogP contribution in [0.2, 0.25) is 0 Å². The molecule has 0 saturated heterocycles. The summed E-state index contributed by atoms with van der Waals surface area (Å²) in [6.07, 6.45) is -4.95. The van der Waals surface area contributed by atoms with Crippen molar-refractivity contribution in [3.8, 4) is 28.3 Å². The monoisotopic (exact) mass is 508 g/mol. The molecule has 3 rings (SSSR count). The highest BCUT2D eigenvalue weighted by Crippen LogP contribution is 2.42. The molecule has 0 aliphatic carbocycles. The molecule has 1 aromatic heterocycles. The Labute approximate surface area is 177 Å². The minimum atomic E-state index is -4.95. The maximum Gasteiger partial charge on any atom is 0.468 e. The first-order chi connectivity index (χ1) is 14.0. The largest absolute Gasteiger partial charge is 0.492 e. The SMILES string of the molecule is CNS(=O)(=O)c1ccccc1-c1nc(C(F)(F)F)oc1-c1cc(F)c(OC)c(Br)c1. The van der Waals surface area contributed by atoms with Crippen LogP contribution in [0.4, 0.5) is 17.6 Å². The fourth-order valence-corrected chi connectivity index (χ4v) is 4.24. The molecule has 2 aromatic carbocycles. The molecule has 0 atom stereocenters. The Morgan fingerprint density at radius 3 is 2.43 bits per heavy atom. The van der Waals surface area contributed by atoms with E-state index in [9.17, 15) is 26.0 Å². The van der Waals surface area contributed by atoms with Crippen LogP contribution in [0.5, 0.6) is 5.75 Å². The first-order valence-electron chi connectivity index (χ1n) is 8.14. The molecule has 1 N–H and O–H groups in total. The highest BCUT2D eigenvalue weighted by molar-refractivity contribution is 9.10. The van der Waals surface area contributed by atoms with Crippen LogP contribution in [0.1, 0.15) is 5.89 Å². The van der Waals surface area contributed by atoms with Gasteiger partial charge < -0.3 is 9.15 Å². The Kier molecular flexibility index (Phi) is 5.94. The van der Waals surface area contributed by atoms with E-state index in [-0.39, 0.29) is 26.2 Å². The van der Waals surface area contributed by atoms with E-state index in [1.54, 1.807) is 0 Å². The molecule has 30 heavy (non-hydrogen) atoms. The van der Waals surface area contributed by atoms with E-state index in [1.165, 1.54) is 37.4 Å². The smallest absolute Gasteiger partial charge is 0.468 e. The van der Waals surface area contributed by atoms with Crippen molar-refractivity contribution < 1.29 is 35.1 Å². The van der Waals surface area contributed by atoms with E-state index in [0.29, 0.717) is 0 Å². The third kappa shape index (κ3) is 4.07. The number of hydrogen-bond acceptors (Lipinski definition) is 5. The van der Waals surface area contributed by atoms with Gasteiger partial charge in [0, 0.05) is 11.1 Å². The average molecular weight is 509 g/mol. The van der Waals surface area contributed by atoms with Crippen molar-refractivity contribution in [3.63, 3.8) is 0 Å². The minimum absolute atomic E-state index is 0.102. The number of alkyl halides is 3. The van der Waals surface area contributed by atoms with Crippen molar-refractivity contribution in [1.29, 1.82) is 0 Å². The lowest BCUT2D eigenvalue weighted by molar-refractivity contribution is -0.156. The van der Waals surface area contributed by atoms with Gasteiger partial charge in [-0.3, -0.25) is 0 Å². The van der Waals surface area contributed by atoms with Crippen LogP contribution in [0.25, 0.3) is 22.6 Å². The second-order valence-electron chi connectivity index (χ2n) is 5.87. The van der Waals surface area contributed by atoms with Crippen LogP contribution >= 0.6 is 15.9 Å². The van der Waals surface area contributed by atoms with Gasteiger partial charge in [-0.2, -0.15) is 13.2 Å². The first kappa shape index (κ1) is 22.2. The molecule has 12 heteroatoms. The lowest BCUT2D eigenvalue weighted by Crippen LogP contribution is -2.19. The number of methoxy groups -OCH3 is 1. The predicted molar refractivity (Wildman–Crippen MR) is 103 cm³/mol. The van der Waals surface area contributed by atoms with Crippen molar-refractivity contribution in [2.45, 2.75) is 11.1 Å². The standard InChI is InChI=1S/C18H13BrF4N2O4S/c1-24-30(26,27)13-6-4-3-5-10(13)14-15(29-17(25-14)18(21,22)23)9-7-11(19)16(28-2)12(20)8-9/h3-8,24H,1-2H3. The molecule has 0 saturated carbocycles. The third-order valence-electron chi connectivity index (χ3n) is 4.03. The van der Waals surface area contributed by atoms with Crippen LogP contribution in [-0.2, 0) is 16.2 Å². The summed E-state index contributed by atoms with van der Waals surface area (Å²) in [4.78, 5) is 3.17. The van der Waals surface area contributed by atoms with Gasteiger partial charge in [0.05, 0.1) is 16.5 Å². The van der Waals surface area contributed by atoms with Crippen molar-refractivity contribution >= 4 is 26.0 Å². The molecule has 160 valence electrons. The number of ether oxygens (including phenoxy) is 1. The third-order valence-corrected chi connectivity index (χ3v) is 6.10. The summed E-state index contributed by atoms with van der Waals surface area (Å²) in [6.45, 7) is 0. The number of rotatable bonds is 5. The molecule has 0 aliphatic heterocycles. The number of halogens is 5. The Hall–Kier alpha value is -2.44. The summed E-state index contributed by atoms with van der Waals surface area (Å²) in [5.41, 5.74) is -0.656. The summed E-state index contributed by atoms with van der Waals surface area (Å²) in [5, 5.41) is 0. The van der Waals surface area contributed by atoms with Crippen LogP contribution in [0, 0.1) is 5.82 Å². The molecule has 0 unspecified atom stereocenters. The summed E-state index contributed by atoms with van der Waals surface area (Å²) in [7, 11) is -1.66. The highest BCUT2D eigenvalue weighted by atomic mass is 79.9. The maximum atomic E-state index is 14.3. The van der Waals surface area contributed by atoms with Gasteiger partial charge in [-0.1, -0.05) is 18.2 Å². The van der Waals surface area contributed by atoms with Crippen LogP contribution in [-0.4, -0.2) is 27.6 Å². The lowest BCUT2D eigenvalue weighted by atomic mass is 10.1. The number of hydrogen-bond donors (Lipinski definition) is 1. The van der Waals surface area contributed by atoms with E-state index >= 15 is 0 Å². The van der Waals surface area contributed by atoms with Crippen LogP contribution in [0.3, 0.4) is 0 Å². The minimum Gasteiger partial charge on any atom is -0.492 e. The highest BCUT2D eigenvalue weighted by Gasteiger charge is 2.39. The quantitative estimate of drug-likeness (QED) is 0.498. The molecule has 0 amide bonds. The molecule has 0 spiro atoms. The fourth-order valence-electron chi connectivity index (χ4n) is 2.71. The van der Waals surface area contributed by atoms with Crippen LogP contribution in [0.15, 0.2) is 50.2 Å². The van der Waals surface area contributed by atoms with E-state index in [0.717, 1.165) is 13.1 Å². The fraction of sp³-hybridized carbons (Fsp3) is 0.167. The molecular weight excluding hydrogens is 496 g/mol. The zero-order valence-corrected chi connectivity index (χ0v) is 17.7. The van der Waals surface area contributed by atoms with Crippen molar-refractivity contribution in [2.24, 2.45) is 0 Å². The van der Waals surface area contributed by atoms with Gasteiger partial charge in [0.25, 0.3) is 0 Å². The first-order valence-corrected chi connectivity index (χ1v) is 10.4. The number of benzene rings is 2. The van der Waals surface area contributed by atoms with Gasteiger partial charge in [0.1, 0.15) is 5.69 Å². The Morgan fingerprint density at radius 1 is 1.20 bits per heavy atom. The van der Waals surface area contributed by atoms with Gasteiger partial charge in [0.2, 0.25) is 10.0 Å². The Morgan fingerprint density at radius 2 is 1.87 bits per heavy atom. The molecule has 3 aromatic rings. The van der Waals surface area contributed by atoms with Gasteiger partial charge in [-0.25, -0.2) is 22.5 Å². The van der Waals surface area contributed by atoms with Crippen molar-refractivity contribution in [3.05, 3.63) is 52.6 Å². The second-order valence-corrected chi connectivity index (χ2v) is 8.58. The summed E-state index contributed by atoms with van der Waals surface area (Å²) in [6, 6.07) is 7.50. The van der Waals surface area contributed by atoms with E-state index in [2.05, 4.69) is 25.6 Å². The number of oxazole rings is 1. The molecule has 0 fully saturated rings. The second kappa shape index (κ2) is 8.00. The number of aromatic nitrogens is 1. The molecule has 0 radical (unpaired) electrons. The van der Waals surface area contributed by atoms with Gasteiger partial charge in [-0.15, -0.1) is 0 Å². The van der Waals surface area contributed by atoms with Crippen LogP contribution < -0.4 is 9.46 Å². The van der Waals surface area contributed by atoms with E-state index in [1.807, 2.05) is 0 Å². The molecule has 0 aliphatic rings. The Bertz CT molecular complexity index is 1190. The number of sulfonamides is 1. The zero-order valence-electron chi connectivity index (χ0n) is 15.3. The number of nitrogens with zero attached hydrogens (tertiary/aromatic N) is 1. The van der Waals surface area contributed by atoms with Crippen molar-refractivity contribution in [2.75, 3.05) is 14.2 Å². The molecule has 6 nitrogen and oxygen atoms in total.